The maximum atomic E-state index is 11.6. The first kappa shape index (κ1) is 13.3. The third-order valence-electron chi connectivity index (χ3n) is 1.82. The fourth-order valence-electron chi connectivity index (χ4n) is 1.10. The van der Waals surface area contributed by atoms with Crippen molar-refractivity contribution in [1.29, 1.82) is 0 Å². The van der Waals surface area contributed by atoms with Crippen molar-refractivity contribution in [3.63, 3.8) is 0 Å². The molecule has 0 amide bonds. The van der Waals surface area contributed by atoms with E-state index in [-0.39, 0.29) is 16.7 Å². The molecule has 16 heavy (non-hydrogen) atoms. The Bertz CT molecular complexity index is 460. The largest absolute Gasteiger partial charge is 0.390 e. The molecule has 0 fully saturated rings. The molecule has 1 rings (SSSR count). The van der Waals surface area contributed by atoms with Crippen LogP contribution in [0.5, 0.6) is 0 Å². The van der Waals surface area contributed by atoms with Crippen LogP contribution in [0, 0.1) is 10.1 Å². The van der Waals surface area contributed by atoms with Crippen LogP contribution in [0.4, 0.5) is 5.69 Å². The van der Waals surface area contributed by atoms with Gasteiger partial charge < -0.3 is 9.67 Å². The van der Waals surface area contributed by atoms with Crippen LogP contribution >= 0.6 is 31.9 Å². The fraction of sp³-hybridized carbons (Fsp3) is 0.375. The number of aliphatic hydroxyl groups is 1. The molecule has 0 aliphatic rings. The molecule has 1 heterocycles. The van der Waals surface area contributed by atoms with Crippen molar-refractivity contribution in [2.45, 2.75) is 12.6 Å². The summed E-state index contributed by atoms with van der Waals surface area (Å²) in [7, 11) is 0. The lowest BCUT2D eigenvalue weighted by Gasteiger charge is -2.09. The standard InChI is InChI=1S/C8H8Br2N2O4/c9-2-6(13)4-11-3-5(12(15)16)1-7(10)8(11)14/h1,3,6,13H,2,4H2. The summed E-state index contributed by atoms with van der Waals surface area (Å²) in [4.78, 5) is 21.5. The first-order valence-corrected chi connectivity index (χ1v) is 6.15. The van der Waals surface area contributed by atoms with Gasteiger partial charge in [-0.15, -0.1) is 0 Å². The van der Waals surface area contributed by atoms with Crippen LogP contribution in [0.2, 0.25) is 0 Å². The van der Waals surface area contributed by atoms with E-state index in [9.17, 15) is 20.0 Å². The van der Waals surface area contributed by atoms with E-state index in [1.54, 1.807) is 0 Å². The second kappa shape index (κ2) is 5.55. The predicted molar refractivity (Wildman–Crippen MR) is 64.9 cm³/mol. The quantitative estimate of drug-likeness (QED) is 0.500. The average Bonchev–Trinajstić information content (AvgIpc) is 2.23. The van der Waals surface area contributed by atoms with Crippen molar-refractivity contribution in [2.75, 3.05) is 5.33 Å². The first-order valence-electron chi connectivity index (χ1n) is 4.24. The van der Waals surface area contributed by atoms with Gasteiger partial charge in [-0.2, -0.15) is 0 Å². The minimum atomic E-state index is -0.772. The molecule has 0 aliphatic carbocycles. The smallest absolute Gasteiger partial charge is 0.286 e. The Morgan fingerprint density at radius 2 is 2.25 bits per heavy atom. The van der Waals surface area contributed by atoms with Crippen molar-refractivity contribution in [3.8, 4) is 0 Å². The summed E-state index contributed by atoms with van der Waals surface area (Å²) >= 11 is 6.00. The molecule has 0 radical (unpaired) electrons. The van der Waals surface area contributed by atoms with Crippen LogP contribution in [0.25, 0.3) is 0 Å². The molecule has 1 aromatic rings. The molecular formula is C8H8Br2N2O4. The molecule has 0 aromatic carbocycles. The molecule has 0 aliphatic heterocycles. The van der Waals surface area contributed by atoms with Gasteiger partial charge in [0.2, 0.25) is 0 Å². The van der Waals surface area contributed by atoms with Crippen molar-refractivity contribution in [1.82, 2.24) is 4.57 Å². The highest BCUT2D eigenvalue weighted by Gasteiger charge is 2.14. The van der Waals surface area contributed by atoms with E-state index in [0.717, 1.165) is 16.8 Å². The van der Waals surface area contributed by atoms with Gasteiger partial charge in [0.25, 0.3) is 11.2 Å². The third kappa shape index (κ3) is 3.13. The lowest BCUT2D eigenvalue weighted by atomic mass is 10.3. The van der Waals surface area contributed by atoms with Crippen molar-refractivity contribution < 1.29 is 10.0 Å². The molecule has 8 heteroatoms. The Balaban J connectivity index is 3.17. The summed E-state index contributed by atoms with van der Waals surface area (Å²) in [5.41, 5.74) is -0.612. The highest BCUT2D eigenvalue weighted by molar-refractivity contribution is 9.10. The van der Waals surface area contributed by atoms with Gasteiger partial charge in [0.1, 0.15) is 0 Å². The fourth-order valence-corrected chi connectivity index (χ4v) is 1.76. The maximum Gasteiger partial charge on any atom is 0.286 e. The highest BCUT2D eigenvalue weighted by atomic mass is 79.9. The lowest BCUT2D eigenvalue weighted by molar-refractivity contribution is -0.385. The number of pyridine rings is 1. The number of nitrogens with zero attached hydrogens (tertiary/aromatic N) is 2. The van der Waals surface area contributed by atoms with Crippen LogP contribution in [-0.4, -0.2) is 26.0 Å². The number of aliphatic hydroxyl groups excluding tert-OH is 1. The van der Waals surface area contributed by atoms with E-state index in [1.807, 2.05) is 0 Å². The lowest BCUT2D eigenvalue weighted by Crippen LogP contribution is -2.27. The topological polar surface area (TPSA) is 85.4 Å². The van der Waals surface area contributed by atoms with E-state index < -0.39 is 16.6 Å². The number of alkyl halides is 1. The maximum absolute atomic E-state index is 11.6. The molecule has 6 nitrogen and oxygen atoms in total. The SMILES string of the molecule is O=c1c(Br)cc([N+](=O)[O-])cn1CC(O)CBr. The Hall–Kier alpha value is -0.730. The van der Waals surface area contributed by atoms with Crippen LogP contribution in [-0.2, 0) is 6.54 Å². The minimum Gasteiger partial charge on any atom is -0.390 e. The third-order valence-corrected chi connectivity index (χ3v) is 3.14. The van der Waals surface area contributed by atoms with Crippen molar-refractivity contribution in [2.24, 2.45) is 0 Å². The molecule has 88 valence electrons. The molecule has 1 N–H and O–H groups in total. The molecule has 0 bridgehead atoms. The van der Waals surface area contributed by atoms with Gasteiger partial charge in [-0.3, -0.25) is 14.9 Å². The molecule has 1 aromatic heterocycles. The summed E-state index contributed by atoms with van der Waals surface area (Å²) in [6.07, 6.45) is 0.338. The van der Waals surface area contributed by atoms with Gasteiger partial charge in [-0.25, -0.2) is 0 Å². The number of nitro groups is 1. The number of rotatable bonds is 4. The minimum absolute atomic E-state index is 0.00433. The van der Waals surface area contributed by atoms with Crippen molar-refractivity contribution in [3.05, 3.63) is 37.2 Å². The number of hydrogen-bond donors (Lipinski definition) is 1. The summed E-state index contributed by atoms with van der Waals surface area (Å²) in [5, 5.41) is 20.2. The summed E-state index contributed by atoms with van der Waals surface area (Å²) in [6, 6.07) is 1.14. The Labute approximate surface area is 107 Å². The average molecular weight is 356 g/mol. The highest BCUT2D eigenvalue weighted by Crippen LogP contribution is 2.14. The van der Waals surface area contributed by atoms with Crippen LogP contribution in [0.3, 0.4) is 0 Å². The van der Waals surface area contributed by atoms with E-state index in [2.05, 4.69) is 31.9 Å². The molecular weight excluding hydrogens is 348 g/mol. The van der Waals surface area contributed by atoms with Gasteiger partial charge in [0.05, 0.1) is 28.2 Å². The summed E-state index contributed by atoms with van der Waals surface area (Å²) in [5.74, 6) is 0. The van der Waals surface area contributed by atoms with E-state index in [4.69, 9.17) is 0 Å². The predicted octanol–water partition coefficient (Wildman–Crippen LogP) is 1.27. The number of halogens is 2. The van der Waals surface area contributed by atoms with Gasteiger partial charge in [-0.05, 0) is 15.9 Å². The van der Waals surface area contributed by atoms with Crippen LogP contribution in [0.15, 0.2) is 21.5 Å². The van der Waals surface area contributed by atoms with E-state index in [1.165, 1.54) is 0 Å². The Kier molecular flexibility index (Phi) is 4.63. The zero-order chi connectivity index (χ0) is 12.3. The van der Waals surface area contributed by atoms with Gasteiger partial charge in [0.15, 0.2) is 0 Å². The zero-order valence-electron chi connectivity index (χ0n) is 7.97. The van der Waals surface area contributed by atoms with Gasteiger partial charge in [0, 0.05) is 11.4 Å². The van der Waals surface area contributed by atoms with E-state index >= 15 is 0 Å². The number of hydrogen-bond acceptors (Lipinski definition) is 4. The summed E-state index contributed by atoms with van der Waals surface area (Å²) in [6.45, 7) is 0.00433. The second-order valence-electron chi connectivity index (χ2n) is 3.07. The van der Waals surface area contributed by atoms with Gasteiger partial charge in [-0.1, -0.05) is 15.9 Å². The monoisotopic (exact) mass is 354 g/mol. The molecule has 1 atom stereocenters. The van der Waals surface area contributed by atoms with Crippen molar-refractivity contribution >= 4 is 37.5 Å². The molecule has 0 spiro atoms. The number of aromatic nitrogens is 1. The van der Waals surface area contributed by atoms with Gasteiger partial charge >= 0.3 is 0 Å². The normalized spacial score (nSPS) is 12.4. The second-order valence-corrected chi connectivity index (χ2v) is 4.57. The van der Waals surface area contributed by atoms with Crippen LogP contribution in [0.1, 0.15) is 0 Å². The molecule has 0 saturated carbocycles. The Morgan fingerprint density at radius 3 is 2.75 bits per heavy atom. The first-order chi connectivity index (χ1) is 7.45. The van der Waals surface area contributed by atoms with E-state index in [0.29, 0.717) is 5.33 Å². The summed E-state index contributed by atoms with van der Waals surface area (Å²) < 4.78 is 1.21. The Morgan fingerprint density at radius 1 is 1.62 bits per heavy atom. The van der Waals surface area contributed by atoms with Crippen LogP contribution < -0.4 is 5.56 Å². The zero-order valence-corrected chi connectivity index (χ0v) is 11.1. The molecule has 1 unspecified atom stereocenters. The molecule has 0 saturated heterocycles.